The van der Waals surface area contributed by atoms with Gasteiger partial charge in [-0.05, 0) is 24.7 Å². The van der Waals surface area contributed by atoms with Crippen molar-refractivity contribution in [2.75, 3.05) is 13.7 Å². The summed E-state index contributed by atoms with van der Waals surface area (Å²) in [7, 11) is 1.41. The lowest BCUT2D eigenvalue weighted by molar-refractivity contribution is 0.0669. The maximum Gasteiger partial charge on any atom is 0.409 e. The highest BCUT2D eigenvalue weighted by atomic mass is 16.5. The predicted molar refractivity (Wildman–Crippen MR) is 78.3 cm³/mol. The van der Waals surface area contributed by atoms with Crippen molar-refractivity contribution in [1.82, 2.24) is 10.1 Å². The SMILES string of the molecule is COC(=O)N1CC[C@@H](c2cc(=O)[nH]o2)C[C@H]1CC(C)(C)C. The first-order chi connectivity index (χ1) is 9.80. The standard InChI is InChI=1S/C15H24N2O4/c1-15(2,3)9-11-7-10(12-8-13(18)16-21-12)5-6-17(11)14(19)20-4/h8,10-11H,5-7,9H2,1-4H3,(H,16,18)/t10-,11+/m1/s1. The van der Waals surface area contributed by atoms with Crippen LogP contribution in [0.25, 0.3) is 0 Å². The summed E-state index contributed by atoms with van der Waals surface area (Å²) in [6.07, 6.45) is 2.16. The molecule has 1 aliphatic rings. The lowest BCUT2D eigenvalue weighted by atomic mass is 9.80. The molecule has 2 rings (SSSR count). The Morgan fingerprint density at radius 2 is 2.24 bits per heavy atom. The van der Waals surface area contributed by atoms with E-state index in [2.05, 4.69) is 25.9 Å². The Morgan fingerprint density at radius 1 is 1.52 bits per heavy atom. The minimum atomic E-state index is -0.279. The maximum atomic E-state index is 11.9. The molecule has 1 amide bonds. The van der Waals surface area contributed by atoms with E-state index in [-0.39, 0.29) is 29.0 Å². The zero-order valence-corrected chi connectivity index (χ0v) is 13.1. The first-order valence-corrected chi connectivity index (χ1v) is 7.33. The molecule has 1 saturated heterocycles. The number of nitrogens with zero attached hydrogens (tertiary/aromatic N) is 1. The second-order valence-corrected chi connectivity index (χ2v) is 6.92. The molecule has 1 N–H and O–H groups in total. The summed E-state index contributed by atoms with van der Waals surface area (Å²) in [5.41, 5.74) is -0.106. The van der Waals surface area contributed by atoms with Crippen LogP contribution in [0.15, 0.2) is 15.4 Å². The summed E-state index contributed by atoms with van der Waals surface area (Å²) >= 11 is 0. The van der Waals surface area contributed by atoms with Crippen molar-refractivity contribution in [3.8, 4) is 0 Å². The van der Waals surface area contributed by atoms with Crippen LogP contribution in [0, 0.1) is 5.41 Å². The molecule has 118 valence electrons. The third kappa shape index (κ3) is 3.89. The fourth-order valence-electron chi connectivity index (χ4n) is 3.07. The summed E-state index contributed by atoms with van der Waals surface area (Å²) < 4.78 is 10.1. The molecule has 0 aromatic carbocycles. The van der Waals surface area contributed by atoms with Gasteiger partial charge in [0.1, 0.15) is 5.76 Å². The molecule has 6 nitrogen and oxygen atoms in total. The number of nitrogens with one attached hydrogen (secondary N) is 1. The van der Waals surface area contributed by atoms with Crippen molar-refractivity contribution >= 4 is 6.09 Å². The molecule has 2 heterocycles. The molecule has 1 aromatic heterocycles. The lowest BCUT2D eigenvalue weighted by Crippen LogP contribution is -2.47. The van der Waals surface area contributed by atoms with E-state index in [1.165, 1.54) is 13.2 Å². The number of aromatic amines is 1. The molecule has 1 aromatic rings. The second-order valence-electron chi connectivity index (χ2n) is 6.92. The number of carbonyl (C=O) groups excluding carboxylic acids is 1. The van der Waals surface area contributed by atoms with Crippen LogP contribution in [0.5, 0.6) is 0 Å². The number of hydrogen-bond donors (Lipinski definition) is 1. The van der Waals surface area contributed by atoms with Crippen LogP contribution < -0.4 is 5.56 Å². The Hall–Kier alpha value is -1.72. The van der Waals surface area contributed by atoms with Crippen LogP contribution in [0.4, 0.5) is 4.79 Å². The van der Waals surface area contributed by atoms with Gasteiger partial charge in [-0.1, -0.05) is 20.8 Å². The maximum absolute atomic E-state index is 11.9. The molecule has 0 unspecified atom stereocenters. The number of amides is 1. The van der Waals surface area contributed by atoms with E-state index in [1.807, 2.05) is 0 Å². The quantitative estimate of drug-likeness (QED) is 0.910. The van der Waals surface area contributed by atoms with E-state index in [9.17, 15) is 9.59 Å². The zero-order valence-electron chi connectivity index (χ0n) is 13.1. The molecular weight excluding hydrogens is 272 g/mol. The number of carbonyl (C=O) groups is 1. The Bertz CT molecular complexity index is 540. The fraction of sp³-hybridized carbons (Fsp3) is 0.733. The minimum absolute atomic E-state index is 0.0939. The minimum Gasteiger partial charge on any atom is -0.453 e. The van der Waals surface area contributed by atoms with Gasteiger partial charge in [-0.15, -0.1) is 0 Å². The Labute approximate surface area is 124 Å². The first-order valence-electron chi connectivity index (χ1n) is 7.33. The first kappa shape index (κ1) is 15.7. The molecule has 21 heavy (non-hydrogen) atoms. The van der Waals surface area contributed by atoms with Gasteiger partial charge in [0.25, 0.3) is 5.56 Å². The highest BCUT2D eigenvalue weighted by Crippen LogP contribution is 2.36. The summed E-state index contributed by atoms with van der Waals surface area (Å²) in [5, 5.41) is 2.34. The van der Waals surface area contributed by atoms with Crippen LogP contribution in [0.1, 0.15) is 51.7 Å². The summed E-state index contributed by atoms with van der Waals surface area (Å²) in [6, 6.07) is 1.60. The number of ether oxygens (including phenoxy) is 1. The lowest BCUT2D eigenvalue weighted by Gasteiger charge is -2.40. The van der Waals surface area contributed by atoms with Crippen LogP contribution in [-0.2, 0) is 4.74 Å². The molecule has 1 fully saturated rings. The van der Waals surface area contributed by atoms with Gasteiger partial charge in [-0.25, -0.2) is 4.79 Å². The number of H-pyrrole nitrogens is 1. The Balaban J connectivity index is 2.16. The number of methoxy groups -OCH3 is 1. The molecule has 6 heteroatoms. The monoisotopic (exact) mass is 296 g/mol. The van der Waals surface area contributed by atoms with Gasteiger partial charge in [0.2, 0.25) is 0 Å². The fourth-order valence-corrected chi connectivity index (χ4v) is 3.07. The van der Waals surface area contributed by atoms with Gasteiger partial charge in [0.15, 0.2) is 0 Å². The van der Waals surface area contributed by atoms with Gasteiger partial charge in [-0.2, -0.15) is 5.16 Å². The average Bonchev–Trinajstić information content (AvgIpc) is 2.82. The van der Waals surface area contributed by atoms with Crippen LogP contribution >= 0.6 is 0 Å². The molecule has 1 aliphatic heterocycles. The largest absolute Gasteiger partial charge is 0.453 e. The average molecular weight is 296 g/mol. The van der Waals surface area contributed by atoms with Crippen molar-refractivity contribution in [3.63, 3.8) is 0 Å². The third-order valence-corrected chi connectivity index (χ3v) is 3.92. The van der Waals surface area contributed by atoms with Crippen molar-refractivity contribution in [2.24, 2.45) is 5.41 Å². The summed E-state index contributed by atoms with van der Waals surface area (Å²) in [5.74, 6) is 0.848. The van der Waals surface area contributed by atoms with Crippen molar-refractivity contribution in [2.45, 2.75) is 52.0 Å². The van der Waals surface area contributed by atoms with E-state index >= 15 is 0 Å². The van der Waals surface area contributed by atoms with Gasteiger partial charge >= 0.3 is 6.09 Å². The highest BCUT2D eigenvalue weighted by molar-refractivity contribution is 5.68. The number of likely N-dealkylation sites (tertiary alicyclic amines) is 1. The highest BCUT2D eigenvalue weighted by Gasteiger charge is 2.36. The molecule has 0 bridgehead atoms. The Kier molecular flexibility index (Phi) is 4.44. The van der Waals surface area contributed by atoms with Crippen LogP contribution in [0.3, 0.4) is 0 Å². The molecule has 0 radical (unpaired) electrons. The van der Waals surface area contributed by atoms with E-state index in [1.54, 1.807) is 4.90 Å². The smallest absolute Gasteiger partial charge is 0.409 e. The van der Waals surface area contributed by atoms with Crippen LogP contribution in [-0.4, -0.2) is 35.8 Å². The van der Waals surface area contributed by atoms with Gasteiger partial charge < -0.3 is 14.2 Å². The van der Waals surface area contributed by atoms with Gasteiger partial charge in [-0.3, -0.25) is 4.79 Å². The second kappa shape index (κ2) is 5.95. The van der Waals surface area contributed by atoms with Crippen molar-refractivity contribution in [3.05, 3.63) is 22.2 Å². The van der Waals surface area contributed by atoms with E-state index in [4.69, 9.17) is 9.26 Å². The summed E-state index contributed by atoms with van der Waals surface area (Å²) in [6.45, 7) is 7.08. The number of piperidine rings is 1. The molecule has 0 saturated carbocycles. The number of rotatable bonds is 2. The summed E-state index contributed by atoms with van der Waals surface area (Å²) in [4.78, 5) is 25.0. The predicted octanol–water partition coefficient (Wildman–Crippen LogP) is 2.72. The van der Waals surface area contributed by atoms with Crippen molar-refractivity contribution in [1.29, 1.82) is 0 Å². The van der Waals surface area contributed by atoms with E-state index in [0.29, 0.717) is 12.3 Å². The molecule has 0 aliphatic carbocycles. The molecular formula is C15H24N2O4. The number of hydrogen-bond acceptors (Lipinski definition) is 4. The third-order valence-electron chi connectivity index (χ3n) is 3.92. The van der Waals surface area contributed by atoms with Crippen molar-refractivity contribution < 1.29 is 14.1 Å². The normalized spacial score (nSPS) is 23.1. The molecule has 0 spiro atoms. The number of aromatic nitrogens is 1. The zero-order chi connectivity index (χ0) is 15.6. The Morgan fingerprint density at radius 3 is 2.76 bits per heavy atom. The van der Waals surface area contributed by atoms with Crippen LogP contribution in [0.2, 0.25) is 0 Å². The topological polar surface area (TPSA) is 75.5 Å². The van der Waals surface area contributed by atoms with Gasteiger partial charge in [0, 0.05) is 24.6 Å². The van der Waals surface area contributed by atoms with E-state index < -0.39 is 0 Å². The van der Waals surface area contributed by atoms with Gasteiger partial charge in [0.05, 0.1) is 7.11 Å². The van der Waals surface area contributed by atoms with E-state index in [0.717, 1.165) is 19.3 Å². The molecule has 2 atom stereocenters.